The predicted molar refractivity (Wildman–Crippen MR) is 73.5 cm³/mol. The molecule has 5 nitrogen and oxygen atoms in total. The number of nitrogens with zero attached hydrogens (tertiary/aromatic N) is 2. The Morgan fingerprint density at radius 3 is 2.63 bits per heavy atom. The fourth-order valence-corrected chi connectivity index (χ4v) is 1.82. The summed E-state index contributed by atoms with van der Waals surface area (Å²) in [5.41, 5.74) is 3.76. The van der Waals surface area contributed by atoms with Crippen LogP contribution in [0.5, 0.6) is 0 Å². The molecule has 0 saturated heterocycles. The summed E-state index contributed by atoms with van der Waals surface area (Å²) in [5, 5.41) is 2.98. The SMILES string of the molecule is CCCc1c(NN)ncnc1Nc1ccccc1F. The summed E-state index contributed by atoms with van der Waals surface area (Å²) in [7, 11) is 0. The van der Waals surface area contributed by atoms with Gasteiger partial charge in [0.15, 0.2) is 0 Å². The van der Waals surface area contributed by atoms with Crippen molar-refractivity contribution in [1.29, 1.82) is 0 Å². The maximum Gasteiger partial charge on any atom is 0.148 e. The van der Waals surface area contributed by atoms with E-state index in [1.807, 2.05) is 6.92 Å². The third-order valence-electron chi connectivity index (χ3n) is 2.71. The summed E-state index contributed by atoms with van der Waals surface area (Å²) < 4.78 is 13.6. The predicted octanol–water partition coefficient (Wildman–Crippen LogP) is 2.60. The minimum atomic E-state index is -0.328. The molecule has 2 aromatic rings. The molecule has 0 amide bonds. The minimum absolute atomic E-state index is 0.328. The molecule has 0 radical (unpaired) electrons. The third kappa shape index (κ3) is 2.97. The fourth-order valence-electron chi connectivity index (χ4n) is 1.82. The van der Waals surface area contributed by atoms with Gasteiger partial charge in [0, 0.05) is 5.56 Å². The zero-order valence-electron chi connectivity index (χ0n) is 10.7. The highest BCUT2D eigenvalue weighted by molar-refractivity contribution is 5.64. The Morgan fingerprint density at radius 1 is 1.21 bits per heavy atom. The molecule has 0 aliphatic rings. The molecule has 100 valence electrons. The number of aromatic nitrogens is 2. The molecule has 19 heavy (non-hydrogen) atoms. The van der Waals surface area contributed by atoms with Crippen molar-refractivity contribution < 1.29 is 4.39 Å². The molecule has 0 spiro atoms. The first kappa shape index (κ1) is 13.2. The van der Waals surface area contributed by atoms with Crippen molar-refractivity contribution in [3.05, 3.63) is 42.0 Å². The van der Waals surface area contributed by atoms with Crippen LogP contribution >= 0.6 is 0 Å². The molecule has 1 heterocycles. The number of nitrogens with one attached hydrogen (secondary N) is 2. The van der Waals surface area contributed by atoms with Gasteiger partial charge in [-0.3, -0.25) is 0 Å². The smallest absolute Gasteiger partial charge is 0.148 e. The lowest BCUT2D eigenvalue weighted by molar-refractivity contribution is 0.631. The van der Waals surface area contributed by atoms with Crippen LogP contribution in [0.3, 0.4) is 0 Å². The normalized spacial score (nSPS) is 10.3. The first-order valence-corrected chi connectivity index (χ1v) is 6.08. The average Bonchev–Trinajstić information content (AvgIpc) is 2.43. The van der Waals surface area contributed by atoms with E-state index in [1.165, 1.54) is 12.4 Å². The van der Waals surface area contributed by atoms with Crippen LogP contribution in [0, 0.1) is 5.82 Å². The van der Waals surface area contributed by atoms with E-state index in [9.17, 15) is 4.39 Å². The molecule has 0 fully saturated rings. The van der Waals surface area contributed by atoms with Crippen LogP contribution in [0.15, 0.2) is 30.6 Å². The van der Waals surface area contributed by atoms with Gasteiger partial charge in [0.2, 0.25) is 0 Å². The van der Waals surface area contributed by atoms with Crippen molar-refractivity contribution in [2.24, 2.45) is 5.84 Å². The molecule has 0 aliphatic carbocycles. The van der Waals surface area contributed by atoms with Crippen molar-refractivity contribution >= 4 is 17.3 Å². The third-order valence-corrected chi connectivity index (χ3v) is 2.71. The van der Waals surface area contributed by atoms with Crippen molar-refractivity contribution in [3.8, 4) is 0 Å². The van der Waals surface area contributed by atoms with Gasteiger partial charge in [-0.1, -0.05) is 25.5 Å². The Kier molecular flexibility index (Phi) is 4.25. The van der Waals surface area contributed by atoms with Crippen LogP contribution in [0.1, 0.15) is 18.9 Å². The van der Waals surface area contributed by atoms with Crippen molar-refractivity contribution in [3.63, 3.8) is 0 Å². The molecule has 0 saturated carbocycles. The minimum Gasteiger partial charge on any atom is -0.337 e. The van der Waals surface area contributed by atoms with Gasteiger partial charge in [0.05, 0.1) is 5.69 Å². The molecule has 1 aromatic carbocycles. The van der Waals surface area contributed by atoms with Crippen molar-refractivity contribution in [1.82, 2.24) is 9.97 Å². The van der Waals surface area contributed by atoms with Crippen LogP contribution in [0.25, 0.3) is 0 Å². The molecule has 0 atom stereocenters. The van der Waals surface area contributed by atoms with Gasteiger partial charge in [-0.15, -0.1) is 0 Å². The number of hydrazine groups is 1. The Hall–Kier alpha value is -2.21. The van der Waals surface area contributed by atoms with E-state index in [0.29, 0.717) is 17.3 Å². The zero-order valence-corrected chi connectivity index (χ0v) is 10.7. The van der Waals surface area contributed by atoms with Gasteiger partial charge in [0.1, 0.15) is 23.8 Å². The second-order valence-corrected chi connectivity index (χ2v) is 4.05. The van der Waals surface area contributed by atoms with E-state index >= 15 is 0 Å². The second-order valence-electron chi connectivity index (χ2n) is 4.05. The zero-order chi connectivity index (χ0) is 13.7. The summed E-state index contributed by atoms with van der Waals surface area (Å²) in [6.45, 7) is 2.04. The van der Waals surface area contributed by atoms with Crippen LogP contribution < -0.4 is 16.6 Å². The Balaban J connectivity index is 2.37. The number of para-hydroxylation sites is 1. The first-order valence-electron chi connectivity index (χ1n) is 6.08. The molecular weight excluding hydrogens is 245 g/mol. The fraction of sp³-hybridized carbons (Fsp3) is 0.231. The largest absolute Gasteiger partial charge is 0.337 e. The molecule has 0 unspecified atom stereocenters. The lowest BCUT2D eigenvalue weighted by Crippen LogP contribution is -2.13. The highest BCUT2D eigenvalue weighted by Gasteiger charge is 2.11. The summed E-state index contributed by atoms with van der Waals surface area (Å²) in [5.74, 6) is 6.22. The van der Waals surface area contributed by atoms with Gasteiger partial charge in [-0.2, -0.15) is 0 Å². The number of nitrogens with two attached hydrogens (primary N) is 1. The average molecular weight is 261 g/mol. The first-order chi connectivity index (χ1) is 9.26. The number of hydrogen-bond donors (Lipinski definition) is 3. The van der Waals surface area contributed by atoms with Gasteiger partial charge >= 0.3 is 0 Å². The van der Waals surface area contributed by atoms with Gasteiger partial charge in [-0.05, 0) is 18.6 Å². The Labute approximate surface area is 111 Å². The van der Waals surface area contributed by atoms with E-state index in [0.717, 1.165) is 18.4 Å². The summed E-state index contributed by atoms with van der Waals surface area (Å²) >= 11 is 0. The van der Waals surface area contributed by atoms with Crippen molar-refractivity contribution in [2.45, 2.75) is 19.8 Å². The summed E-state index contributed by atoms with van der Waals surface area (Å²) in [6, 6.07) is 6.45. The number of anilines is 3. The number of nitrogen functional groups attached to an aromatic ring is 1. The highest BCUT2D eigenvalue weighted by atomic mass is 19.1. The molecule has 2 rings (SSSR count). The molecule has 4 N–H and O–H groups in total. The van der Waals surface area contributed by atoms with Gasteiger partial charge < -0.3 is 10.7 Å². The maximum absolute atomic E-state index is 13.6. The van der Waals surface area contributed by atoms with Crippen LogP contribution in [0.2, 0.25) is 0 Å². The highest BCUT2D eigenvalue weighted by Crippen LogP contribution is 2.25. The van der Waals surface area contributed by atoms with E-state index < -0.39 is 0 Å². The quantitative estimate of drug-likeness (QED) is 0.569. The number of halogens is 1. The summed E-state index contributed by atoms with van der Waals surface area (Å²) in [4.78, 5) is 8.22. The lowest BCUT2D eigenvalue weighted by atomic mass is 10.1. The number of benzene rings is 1. The van der Waals surface area contributed by atoms with E-state index in [-0.39, 0.29) is 5.82 Å². The molecule has 0 aliphatic heterocycles. The second kappa shape index (κ2) is 6.10. The topological polar surface area (TPSA) is 75.9 Å². The van der Waals surface area contributed by atoms with E-state index in [4.69, 9.17) is 5.84 Å². The van der Waals surface area contributed by atoms with Crippen LogP contribution in [-0.2, 0) is 6.42 Å². The van der Waals surface area contributed by atoms with E-state index in [1.54, 1.807) is 18.2 Å². The van der Waals surface area contributed by atoms with Gasteiger partial charge in [0.25, 0.3) is 0 Å². The Bertz CT molecular complexity index is 558. The van der Waals surface area contributed by atoms with Crippen molar-refractivity contribution in [2.75, 3.05) is 10.7 Å². The molecule has 1 aromatic heterocycles. The van der Waals surface area contributed by atoms with Crippen LogP contribution in [0.4, 0.5) is 21.7 Å². The lowest BCUT2D eigenvalue weighted by Gasteiger charge is -2.13. The van der Waals surface area contributed by atoms with E-state index in [2.05, 4.69) is 20.7 Å². The van der Waals surface area contributed by atoms with Crippen LogP contribution in [-0.4, -0.2) is 9.97 Å². The summed E-state index contributed by atoms with van der Waals surface area (Å²) in [6.07, 6.45) is 3.04. The standard InChI is InChI=1S/C13H16FN5/c1-2-5-9-12(16-8-17-13(9)19-15)18-11-7-4-3-6-10(11)14/h3-4,6-8H,2,5,15H2,1H3,(H2,16,17,18,19). The maximum atomic E-state index is 13.6. The molecule has 0 bridgehead atoms. The molecule has 6 heteroatoms. The molecular formula is C13H16FN5. The van der Waals surface area contributed by atoms with Gasteiger partial charge in [-0.25, -0.2) is 20.2 Å². The monoisotopic (exact) mass is 261 g/mol. The Morgan fingerprint density at radius 2 is 1.95 bits per heavy atom. The number of hydrogen-bond acceptors (Lipinski definition) is 5. The number of rotatable bonds is 5.